The van der Waals surface area contributed by atoms with Crippen LogP contribution in [0, 0.1) is 18.6 Å². The van der Waals surface area contributed by atoms with E-state index in [-0.39, 0.29) is 17.2 Å². The zero-order valence-corrected chi connectivity index (χ0v) is 23.7. The maximum atomic E-state index is 14.8. The van der Waals surface area contributed by atoms with Crippen LogP contribution in [0.5, 0.6) is 5.75 Å². The van der Waals surface area contributed by atoms with Gasteiger partial charge in [0.05, 0.1) is 19.0 Å². The number of amides is 1. The molecule has 0 unspecified atom stereocenters. The van der Waals surface area contributed by atoms with Crippen LogP contribution in [0.2, 0.25) is 0 Å². The number of methoxy groups -OCH3 is 1. The maximum Gasteiger partial charge on any atom is 0.254 e. The Hall–Kier alpha value is -3.74. The highest BCUT2D eigenvalue weighted by Gasteiger charge is 2.26. The number of benzene rings is 2. The lowest BCUT2D eigenvalue weighted by molar-refractivity contribution is 0.0703. The van der Waals surface area contributed by atoms with Crippen LogP contribution in [-0.4, -0.2) is 81.1 Å². The van der Waals surface area contributed by atoms with Crippen LogP contribution in [0.4, 0.5) is 20.3 Å². The molecule has 0 aliphatic carbocycles. The van der Waals surface area contributed by atoms with Gasteiger partial charge in [-0.25, -0.2) is 18.7 Å². The van der Waals surface area contributed by atoms with Crippen LogP contribution in [0.25, 0.3) is 16.9 Å². The lowest BCUT2D eigenvalue weighted by Crippen LogP contribution is -2.47. The highest BCUT2D eigenvalue weighted by atomic mass is 32.2. The van der Waals surface area contributed by atoms with Crippen molar-refractivity contribution in [1.29, 1.82) is 0 Å². The van der Waals surface area contributed by atoms with Gasteiger partial charge in [0.2, 0.25) is 5.82 Å². The Kier molecular flexibility index (Phi) is 7.78. The van der Waals surface area contributed by atoms with Gasteiger partial charge in [0.1, 0.15) is 0 Å². The number of fused-ring (bicyclic) bond motifs is 1. The number of nitrogens with zero attached hydrogens (tertiary/aromatic N) is 5. The third-order valence-electron chi connectivity index (χ3n) is 7.53. The average molecular weight is 580 g/mol. The number of aryl methyl sites for hydroxylation is 1. The van der Waals surface area contributed by atoms with E-state index in [1.54, 1.807) is 16.8 Å². The van der Waals surface area contributed by atoms with Crippen molar-refractivity contribution in [1.82, 2.24) is 28.9 Å². The normalized spacial score (nSPS) is 17.8. The minimum atomic E-state index is -1.06. The largest absolute Gasteiger partial charge is 0.494 e. The van der Waals surface area contributed by atoms with Gasteiger partial charge in [0.25, 0.3) is 5.91 Å². The summed E-state index contributed by atoms with van der Waals surface area (Å²) in [7, 11) is 1.29. The lowest BCUT2D eigenvalue weighted by Gasteiger charge is -2.35. The molecule has 2 saturated heterocycles. The molecular formula is C29H31F2N7O2S. The van der Waals surface area contributed by atoms with Gasteiger partial charge >= 0.3 is 0 Å². The van der Waals surface area contributed by atoms with E-state index in [0.717, 1.165) is 37.4 Å². The molecule has 0 bridgehead atoms. The number of halogens is 2. The van der Waals surface area contributed by atoms with Crippen LogP contribution in [0.3, 0.4) is 0 Å². The van der Waals surface area contributed by atoms with Crippen molar-refractivity contribution >= 4 is 35.0 Å². The molecule has 4 aromatic rings. The third kappa shape index (κ3) is 5.46. The second-order valence-corrected chi connectivity index (χ2v) is 11.5. The molecular weight excluding hydrogens is 548 g/mol. The number of anilines is 2. The summed E-state index contributed by atoms with van der Waals surface area (Å²) in [5.74, 6) is -1.76. The molecule has 2 aromatic heterocycles. The summed E-state index contributed by atoms with van der Waals surface area (Å²) in [5.41, 5.74) is 3.13. The van der Waals surface area contributed by atoms with Crippen molar-refractivity contribution < 1.29 is 18.3 Å². The minimum Gasteiger partial charge on any atom is -0.494 e. The smallest absolute Gasteiger partial charge is 0.254 e. The predicted molar refractivity (Wildman–Crippen MR) is 156 cm³/mol. The fourth-order valence-electron chi connectivity index (χ4n) is 5.31. The molecule has 0 saturated carbocycles. The van der Waals surface area contributed by atoms with E-state index in [1.165, 1.54) is 31.9 Å². The number of hydrogen-bond acceptors (Lipinski definition) is 8. The standard InChI is InChI=1S/C29H31F2N7O2S/c1-18-15-19(3-4-21(18)29(39)36-11-13-37(14-12-36)41-20-7-8-32-16-20)35-27-28-34-17-23(38(28)10-9-33-27)22-5-6-24(40-2)26(31)25(22)30/h3-6,9-10,15,17,20,32H,7-8,11-14,16H2,1-2H3,(H,33,35)/t20-/m1/s1. The highest BCUT2D eigenvalue weighted by molar-refractivity contribution is 7.97. The number of nitrogens with one attached hydrogen (secondary N) is 2. The molecule has 2 aromatic carbocycles. The topological polar surface area (TPSA) is 87.0 Å². The summed E-state index contributed by atoms with van der Waals surface area (Å²) in [6.07, 6.45) is 5.86. The van der Waals surface area contributed by atoms with Gasteiger partial charge < -0.3 is 20.3 Å². The van der Waals surface area contributed by atoms with Crippen molar-refractivity contribution in [2.24, 2.45) is 0 Å². The monoisotopic (exact) mass is 579 g/mol. The van der Waals surface area contributed by atoms with Crippen molar-refractivity contribution in [3.63, 3.8) is 0 Å². The Labute approximate surface area is 241 Å². The Morgan fingerprint density at radius 1 is 1.12 bits per heavy atom. The number of carbonyl (C=O) groups is 1. The lowest BCUT2D eigenvalue weighted by atomic mass is 10.1. The van der Waals surface area contributed by atoms with Crippen molar-refractivity contribution in [3.8, 4) is 17.0 Å². The SMILES string of the molecule is COc1ccc(-c2cnc3c(Nc4ccc(C(=O)N5CCN(S[C@@H]6CCNC6)CC5)c(C)c4)nccn23)c(F)c1F. The number of ether oxygens (including phenoxy) is 1. The number of hydrogen-bond donors (Lipinski definition) is 2. The van der Waals surface area contributed by atoms with Gasteiger partial charge in [-0.15, -0.1) is 0 Å². The van der Waals surface area contributed by atoms with Crippen molar-refractivity contribution in [2.45, 2.75) is 18.6 Å². The molecule has 0 radical (unpaired) electrons. The minimum absolute atomic E-state index is 0.0353. The fourth-order valence-corrected chi connectivity index (χ4v) is 6.52. The third-order valence-corrected chi connectivity index (χ3v) is 8.89. The first-order valence-corrected chi connectivity index (χ1v) is 14.4. The molecule has 12 heteroatoms. The molecule has 0 spiro atoms. The van der Waals surface area contributed by atoms with Crippen LogP contribution >= 0.6 is 11.9 Å². The van der Waals surface area contributed by atoms with E-state index < -0.39 is 11.6 Å². The maximum absolute atomic E-state index is 14.8. The highest BCUT2D eigenvalue weighted by Crippen LogP contribution is 2.32. The fraction of sp³-hybridized carbons (Fsp3) is 0.345. The van der Waals surface area contributed by atoms with Crippen molar-refractivity contribution in [2.75, 3.05) is 51.7 Å². The summed E-state index contributed by atoms with van der Waals surface area (Å²) in [6, 6.07) is 8.41. The van der Waals surface area contributed by atoms with Crippen LogP contribution in [0.1, 0.15) is 22.3 Å². The molecule has 1 amide bonds. The Balaban J connectivity index is 1.16. The molecule has 41 heavy (non-hydrogen) atoms. The van der Waals surface area contributed by atoms with Gasteiger partial charge in [-0.05, 0) is 55.8 Å². The Morgan fingerprint density at radius 3 is 2.68 bits per heavy atom. The first-order chi connectivity index (χ1) is 19.9. The summed E-state index contributed by atoms with van der Waals surface area (Å²) >= 11 is 1.92. The first-order valence-electron chi connectivity index (χ1n) is 13.6. The van der Waals surface area contributed by atoms with E-state index in [2.05, 4.69) is 24.9 Å². The van der Waals surface area contributed by atoms with E-state index in [1.807, 2.05) is 42.0 Å². The van der Waals surface area contributed by atoms with Gasteiger partial charge in [-0.2, -0.15) is 4.39 Å². The number of piperazine rings is 1. The predicted octanol–water partition coefficient (Wildman–Crippen LogP) is 4.50. The zero-order valence-electron chi connectivity index (χ0n) is 22.9. The van der Waals surface area contributed by atoms with E-state index in [4.69, 9.17) is 4.74 Å². The van der Waals surface area contributed by atoms with Crippen LogP contribution in [-0.2, 0) is 0 Å². The Morgan fingerprint density at radius 2 is 1.95 bits per heavy atom. The second-order valence-electron chi connectivity index (χ2n) is 10.2. The van der Waals surface area contributed by atoms with Gasteiger partial charge in [0.15, 0.2) is 23.0 Å². The number of rotatable bonds is 7. The summed E-state index contributed by atoms with van der Waals surface area (Å²) < 4.78 is 38.1. The summed E-state index contributed by atoms with van der Waals surface area (Å²) in [4.78, 5) is 24.1. The van der Waals surface area contributed by atoms with Gasteiger partial charge in [0, 0.05) is 67.2 Å². The Bertz CT molecular complexity index is 1580. The van der Waals surface area contributed by atoms with E-state index >= 15 is 0 Å². The van der Waals surface area contributed by atoms with Crippen molar-refractivity contribution in [3.05, 3.63) is 71.7 Å². The van der Waals surface area contributed by atoms with Gasteiger partial charge in [-0.1, -0.05) is 11.9 Å². The molecule has 2 fully saturated rings. The van der Waals surface area contributed by atoms with Gasteiger partial charge in [-0.3, -0.25) is 9.20 Å². The molecule has 2 aliphatic heterocycles. The zero-order chi connectivity index (χ0) is 28.5. The number of imidazole rings is 1. The molecule has 1 atom stereocenters. The van der Waals surface area contributed by atoms with E-state index in [9.17, 15) is 13.6 Å². The summed E-state index contributed by atoms with van der Waals surface area (Å²) in [5, 5.41) is 7.29. The quantitative estimate of drug-likeness (QED) is 0.310. The molecule has 4 heterocycles. The van der Waals surface area contributed by atoms with Crippen LogP contribution < -0.4 is 15.4 Å². The van der Waals surface area contributed by atoms with Crippen LogP contribution in [0.15, 0.2) is 48.9 Å². The molecule has 6 rings (SSSR count). The molecule has 9 nitrogen and oxygen atoms in total. The molecule has 2 aliphatic rings. The van der Waals surface area contributed by atoms with E-state index in [0.29, 0.717) is 41.1 Å². The average Bonchev–Trinajstić information content (AvgIpc) is 3.65. The second kappa shape index (κ2) is 11.6. The first kappa shape index (κ1) is 27.4. The molecule has 2 N–H and O–H groups in total. The number of carbonyl (C=O) groups excluding carboxylic acids is 1. The summed E-state index contributed by atoms with van der Waals surface area (Å²) in [6.45, 7) is 7.19. The molecule has 214 valence electrons. The number of aromatic nitrogens is 3.